The Labute approximate surface area is 87.2 Å². The number of amides is 1. The summed E-state index contributed by atoms with van der Waals surface area (Å²) in [6.45, 7) is 1.17. The SMILES string of the molecule is O=CN1CC=C(c2ncccc2F)CC1. The third kappa shape index (κ3) is 2.03. The Morgan fingerprint density at radius 1 is 1.53 bits per heavy atom. The summed E-state index contributed by atoms with van der Waals surface area (Å²) in [6, 6.07) is 2.97. The van der Waals surface area contributed by atoms with Crippen LogP contribution in [0.4, 0.5) is 4.39 Å². The van der Waals surface area contributed by atoms with Crippen molar-refractivity contribution in [2.45, 2.75) is 6.42 Å². The van der Waals surface area contributed by atoms with Crippen LogP contribution in [0.5, 0.6) is 0 Å². The minimum Gasteiger partial charge on any atom is -0.341 e. The Morgan fingerprint density at radius 3 is 3.00 bits per heavy atom. The fourth-order valence-corrected chi connectivity index (χ4v) is 1.62. The van der Waals surface area contributed by atoms with Gasteiger partial charge in [0.05, 0.1) is 0 Å². The van der Waals surface area contributed by atoms with Crippen molar-refractivity contribution in [1.82, 2.24) is 9.88 Å². The van der Waals surface area contributed by atoms with E-state index >= 15 is 0 Å². The smallest absolute Gasteiger partial charge is 0.209 e. The standard InChI is InChI=1S/C11H11FN2O/c12-10-2-1-5-13-11(10)9-3-6-14(8-15)7-4-9/h1-3,5,8H,4,6-7H2. The van der Waals surface area contributed by atoms with Crippen molar-refractivity contribution in [2.75, 3.05) is 13.1 Å². The molecule has 15 heavy (non-hydrogen) atoms. The van der Waals surface area contributed by atoms with Gasteiger partial charge >= 0.3 is 0 Å². The largest absolute Gasteiger partial charge is 0.341 e. The van der Waals surface area contributed by atoms with Gasteiger partial charge in [0.15, 0.2) is 0 Å². The van der Waals surface area contributed by atoms with Gasteiger partial charge in [-0.25, -0.2) is 4.39 Å². The van der Waals surface area contributed by atoms with E-state index in [9.17, 15) is 9.18 Å². The molecule has 4 heteroatoms. The zero-order valence-corrected chi connectivity index (χ0v) is 8.19. The van der Waals surface area contributed by atoms with E-state index in [1.807, 2.05) is 6.08 Å². The molecule has 1 aliphatic heterocycles. The highest BCUT2D eigenvalue weighted by atomic mass is 19.1. The molecule has 0 atom stereocenters. The summed E-state index contributed by atoms with van der Waals surface area (Å²) in [4.78, 5) is 16.1. The second-order valence-electron chi connectivity index (χ2n) is 3.41. The van der Waals surface area contributed by atoms with Crippen molar-refractivity contribution in [3.63, 3.8) is 0 Å². The maximum atomic E-state index is 13.4. The van der Waals surface area contributed by atoms with Gasteiger partial charge in [0.1, 0.15) is 11.5 Å². The first-order valence-corrected chi connectivity index (χ1v) is 4.80. The van der Waals surface area contributed by atoms with Crippen LogP contribution < -0.4 is 0 Å². The Hall–Kier alpha value is -1.71. The first kappa shape index (κ1) is 9.83. The van der Waals surface area contributed by atoms with Gasteiger partial charge in [0, 0.05) is 19.3 Å². The quantitative estimate of drug-likeness (QED) is 0.686. The van der Waals surface area contributed by atoms with Crippen LogP contribution in [-0.2, 0) is 4.79 Å². The van der Waals surface area contributed by atoms with Crippen LogP contribution in [-0.4, -0.2) is 29.4 Å². The van der Waals surface area contributed by atoms with E-state index in [4.69, 9.17) is 0 Å². The second kappa shape index (κ2) is 4.21. The lowest BCUT2D eigenvalue weighted by Crippen LogP contribution is -2.27. The predicted octanol–water partition coefficient (Wildman–Crippen LogP) is 1.47. The molecule has 0 bridgehead atoms. The number of hydrogen-bond donors (Lipinski definition) is 0. The highest BCUT2D eigenvalue weighted by Gasteiger charge is 2.14. The van der Waals surface area contributed by atoms with Crippen molar-refractivity contribution in [3.05, 3.63) is 35.9 Å². The summed E-state index contributed by atoms with van der Waals surface area (Å²) in [7, 11) is 0. The Kier molecular flexibility index (Phi) is 2.76. The van der Waals surface area contributed by atoms with Gasteiger partial charge in [-0.3, -0.25) is 9.78 Å². The van der Waals surface area contributed by atoms with Crippen LogP contribution in [0.2, 0.25) is 0 Å². The van der Waals surface area contributed by atoms with E-state index in [1.165, 1.54) is 6.07 Å². The number of rotatable bonds is 2. The molecule has 0 saturated carbocycles. The van der Waals surface area contributed by atoms with Crippen LogP contribution in [0.1, 0.15) is 12.1 Å². The Morgan fingerprint density at radius 2 is 2.40 bits per heavy atom. The van der Waals surface area contributed by atoms with Gasteiger partial charge in [-0.1, -0.05) is 6.08 Å². The highest BCUT2D eigenvalue weighted by Crippen LogP contribution is 2.21. The molecule has 78 valence electrons. The van der Waals surface area contributed by atoms with E-state index in [0.717, 1.165) is 12.0 Å². The third-order valence-electron chi connectivity index (χ3n) is 2.45. The molecular weight excluding hydrogens is 195 g/mol. The maximum absolute atomic E-state index is 13.4. The molecule has 1 amide bonds. The number of pyridine rings is 1. The Balaban J connectivity index is 2.23. The van der Waals surface area contributed by atoms with Crippen molar-refractivity contribution in [2.24, 2.45) is 0 Å². The van der Waals surface area contributed by atoms with Gasteiger partial charge in [0.25, 0.3) is 0 Å². The lowest BCUT2D eigenvalue weighted by molar-refractivity contribution is -0.117. The summed E-state index contributed by atoms with van der Waals surface area (Å²) in [5.74, 6) is -0.302. The van der Waals surface area contributed by atoms with Gasteiger partial charge in [0.2, 0.25) is 6.41 Å². The first-order chi connectivity index (χ1) is 7.31. The molecule has 0 aliphatic carbocycles. The molecule has 1 aliphatic rings. The lowest BCUT2D eigenvalue weighted by atomic mass is 10.0. The molecular formula is C11H11FN2O. The maximum Gasteiger partial charge on any atom is 0.209 e. The number of halogens is 1. The Bertz CT molecular complexity index is 403. The minimum absolute atomic E-state index is 0.302. The zero-order chi connectivity index (χ0) is 10.7. The molecule has 3 nitrogen and oxygen atoms in total. The van der Waals surface area contributed by atoms with Crippen molar-refractivity contribution in [3.8, 4) is 0 Å². The van der Waals surface area contributed by atoms with E-state index < -0.39 is 0 Å². The fourth-order valence-electron chi connectivity index (χ4n) is 1.62. The number of carbonyl (C=O) groups excluding carboxylic acids is 1. The molecule has 0 spiro atoms. The highest BCUT2D eigenvalue weighted by molar-refractivity contribution is 5.65. The van der Waals surface area contributed by atoms with Crippen LogP contribution in [0.3, 0.4) is 0 Å². The number of carbonyl (C=O) groups is 1. The number of aromatic nitrogens is 1. The van der Waals surface area contributed by atoms with Crippen molar-refractivity contribution in [1.29, 1.82) is 0 Å². The average molecular weight is 206 g/mol. The van der Waals surface area contributed by atoms with E-state index in [2.05, 4.69) is 4.98 Å². The third-order valence-corrected chi connectivity index (χ3v) is 2.45. The molecule has 0 radical (unpaired) electrons. The van der Waals surface area contributed by atoms with E-state index in [1.54, 1.807) is 17.2 Å². The monoisotopic (exact) mass is 206 g/mol. The molecule has 1 aromatic heterocycles. The molecule has 0 N–H and O–H groups in total. The van der Waals surface area contributed by atoms with Crippen LogP contribution in [0.15, 0.2) is 24.4 Å². The summed E-state index contributed by atoms with van der Waals surface area (Å²) < 4.78 is 13.4. The molecule has 2 heterocycles. The zero-order valence-electron chi connectivity index (χ0n) is 8.19. The van der Waals surface area contributed by atoms with Gasteiger partial charge in [-0.15, -0.1) is 0 Å². The van der Waals surface area contributed by atoms with E-state index in [0.29, 0.717) is 25.2 Å². The van der Waals surface area contributed by atoms with Crippen LogP contribution in [0.25, 0.3) is 5.57 Å². The van der Waals surface area contributed by atoms with Crippen LogP contribution in [0, 0.1) is 5.82 Å². The predicted molar refractivity (Wildman–Crippen MR) is 54.4 cm³/mol. The van der Waals surface area contributed by atoms with Gasteiger partial charge in [-0.05, 0) is 24.1 Å². The van der Waals surface area contributed by atoms with Gasteiger partial charge < -0.3 is 4.90 Å². The molecule has 0 aromatic carbocycles. The minimum atomic E-state index is -0.302. The fraction of sp³-hybridized carbons (Fsp3) is 0.273. The average Bonchev–Trinajstić information content (AvgIpc) is 2.30. The lowest BCUT2D eigenvalue weighted by Gasteiger charge is -2.22. The molecule has 0 fully saturated rings. The topological polar surface area (TPSA) is 33.2 Å². The molecule has 2 rings (SSSR count). The van der Waals surface area contributed by atoms with Crippen molar-refractivity contribution >= 4 is 12.0 Å². The normalized spacial score (nSPS) is 16.1. The van der Waals surface area contributed by atoms with Gasteiger partial charge in [-0.2, -0.15) is 0 Å². The number of nitrogens with zero attached hydrogens (tertiary/aromatic N) is 2. The second-order valence-corrected chi connectivity index (χ2v) is 3.41. The van der Waals surface area contributed by atoms with E-state index in [-0.39, 0.29) is 5.82 Å². The first-order valence-electron chi connectivity index (χ1n) is 4.80. The molecule has 0 saturated heterocycles. The molecule has 0 unspecified atom stereocenters. The summed E-state index contributed by atoms with van der Waals surface area (Å²) >= 11 is 0. The summed E-state index contributed by atoms with van der Waals surface area (Å²) in [6.07, 6.45) is 4.89. The summed E-state index contributed by atoms with van der Waals surface area (Å²) in [5, 5.41) is 0. The molecule has 1 aromatic rings. The number of hydrogen-bond acceptors (Lipinski definition) is 2. The van der Waals surface area contributed by atoms with Crippen molar-refractivity contribution < 1.29 is 9.18 Å². The summed E-state index contributed by atoms with van der Waals surface area (Å²) in [5.41, 5.74) is 1.29. The van der Waals surface area contributed by atoms with Crippen LogP contribution >= 0.6 is 0 Å².